The van der Waals surface area contributed by atoms with Crippen LogP contribution in [0.2, 0.25) is 0 Å². The van der Waals surface area contributed by atoms with E-state index in [0.717, 1.165) is 37.1 Å². The summed E-state index contributed by atoms with van der Waals surface area (Å²) in [6.07, 6.45) is 4.87. The predicted octanol–water partition coefficient (Wildman–Crippen LogP) is 4.42. The number of imide groups is 1. The Morgan fingerprint density at radius 1 is 0.917 bits per heavy atom. The molecule has 0 radical (unpaired) electrons. The van der Waals surface area contributed by atoms with Crippen LogP contribution in [0, 0.1) is 5.92 Å². The molecule has 2 aliphatic rings. The van der Waals surface area contributed by atoms with Crippen molar-refractivity contribution in [2.24, 2.45) is 5.92 Å². The van der Waals surface area contributed by atoms with Gasteiger partial charge in [-0.3, -0.25) is 9.59 Å². The first-order valence-corrected chi connectivity index (χ1v) is 12.3. The largest absolute Gasteiger partial charge is 0.341 e. The second-order valence-corrected chi connectivity index (χ2v) is 9.46. The van der Waals surface area contributed by atoms with Crippen molar-refractivity contribution in [2.75, 3.05) is 29.4 Å². The Morgan fingerprint density at radius 2 is 1.53 bits per heavy atom. The number of nitrogens with zero attached hydrogens (tertiary/aromatic N) is 5. The molecule has 1 aromatic heterocycles. The standard InChI is InChI=1S/C28H29N5O3/c1-19-26(35)33(25-10-8-23(9-11-25)22-6-4-3-5-7-22)28(36)32(19)18-21-12-14-31(15-13-21)27-29-16-24(17-30-27)20(2)34/h3-11,16-17,19,21H,12-15,18H2,1-2H3. The number of urea groups is 1. The van der Waals surface area contributed by atoms with E-state index in [1.807, 2.05) is 54.6 Å². The van der Waals surface area contributed by atoms with E-state index in [-0.39, 0.29) is 23.6 Å². The monoisotopic (exact) mass is 483 g/mol. The van der Waals surface area contributed by atoms with Gasteiger partial charge in [-0.25, -0.2) is 19.7 Å². The van der Waals surface area contributed by atoms with Crippen LogP contribution in [0.5, 0.6) is 0 Å². The lowest BCUT2D eigenvalue weighted by Gasteiger charge is -2.34. The minimum Gasteiger partial charge on any atom is -0.341 e. The Balaban J connectivity index is 1.22. The number of amides is 3. The number of aromatic nitrogens is 2. The highest BCUT2D eigenvalue weighted by molar-refractivity contribution is 6.21. The van der Waals surface area contributed by atoms with Crippen LogP contribution < -0.4 is 9.80 Å². The number of carbonyl (C=O) groups excluding carboxylic acids is 3. The molecule has 36 heavy (non-hydrogen) atoms. The molecule has 3 heterocycles. The van der Waals surface area contributed by atoms with Crippen LogP contribution in [-0.2, 0) is 4.79 Å². The minimum absolute atomic E-state index is 0.0552. The number of anilines is 2. The first kappa shape index (κ1) is 23.7. The fraction of sp³-hybridized carbons (Fsp3) is 0.321. The number of rotatable bonds is 6. The predicted molar refractivity (Wildman–Crippen MR) is 138 cm³/mol. The van der Waals surface area contributed by atoms with Crippen molar-refractivity contribution < 1.29 is 14.4 Å². The Morgan fingerprint density at radius 3 is 2.14 bits per heavy atom. The lowest BCUT2D eigenvalue weighted by Crippen LogP contribution is -2.42. The fourth-order valence-electron chi connectivity index (χ4n) is 4.88. The van der Waals surface area contributed by atoms with Gasteiger partial charge in [0.15, 0.2) is 5.78 Å². The van der Waals surface area contributed by atoms with Gasteiger partial charge in [0.05, 0.1) is 11.3 Å². The van der Waals surface area contributed by atoms with E-state index in [4.69, 9.17) is 0 Å². The molecule has 0 saturated carbocycles. The van der Waals surface area contributed by atoms with E-state index < -0.39 is 6.04 Å². The summed E-state index contributed by atoms with van der Waals surface area (Å²) >= 11 is 0. The molecule has 2 aromatic carbocycles. The third-order valence-electron chi connectivity index (χ3n) is 7.11. The maximum atomic E-state index is 13.3. The number of piperidine rings is 1. The van der Waals surface area contributed by atoms with Gasteiger partial charge in [-0.05, 0) is 55.9 Å². The van der Waals surface area contributed by atoms with E-state index in [2.05, 4.69) is 14.9 Å². The second-order valence-electron chi connectivity index (χ2n) is 9.46. The number of carbonyl (C=O) groups is 3. The molecule has 8 nitrogen and oxygen atoms in total. The minimum atomic E-state index is -0.494. The smallest absolute Gasteiger partial charge is 0.332 e. The number of hydrogen-bond donors (Lipinski definition) is 0. The summed E-state index contributed by atoms with van der Waals surface area (Å²) in [6, 6.07) is 16.8. The highest BCUT2D eigenvalue weighted by Crippen LogP contribution is 2.30. The molecule has 2 fully saturated rings. The number of ketones is 1. The van der Waals surface area contributed by atoms with E-state index in [1.165, 1.54) is 11.8 Å². The Labute approximate surface area is 210 Å². The van der Waals surface area contributed by atoms with Crippen molar-refractivity contribution in [2.45, 2.75) is 32.7 Å². The zero-order valence-electron chi connectivity index (χ0n) is 20.5. The maximum absolute atomic E-state index is 13.3. The molecule has 2 saturated heterocycles. The summed E-state index contributed by atoms with van der Waals surface area (Å²) < 4.78 is 0. The van der Waals surface area contributed by atoms with Crippen LogP contribution >= 0.6 is 0 Å². The lowest BCUT2D eigenvalue weighted by atomic mass is 9.96. The van der Waals surface area contributed by atoms with E-state index in [1.54, 1.807) is 24.2 Å². The molecule has 3 amide bonds. The van der Waals surface area contributed by atoms with Gasteiger partial charge in [0, 0.05) is 32.0 Å². The van der Waals surface area contributed by atoms with Crippen molar-refractivity contribution in [3.05, 3.63) is 72.6 Å². The first-order chi connectivity index (χ1) is 17.4. The third kappa shape index (κ3) is 4.58. The third-order valence-corrected chi connectivity index (χ3v) is 7.11. The molecular weight excluding hydrogens is 454 g/mol. The quantitative estimate of drug-likeness (QED) is 0.381. The zero-order valence-corrected chi connectivity index (χ0v) is 20.5. The van der Waals surface area contributed by atoms with E-state index >= 15 is 0 Å². The van der Waals surface area contributed by atoms with Crippen molar-refractivity contribution in [3.63, 3.8) is 0 Å². The van der Waals surface area contributed by atoms with E-state index in [0.29, 0.717) is 23.7 Å². The first-order valence-electron chi connectivity index (χ1n) is 12.3. The number of benzene rings is 2. The van der Waals surface area contributed by atoms with Crippen molar-refractivity contribution in [3.8, 4) is 11.1 Å². The molecule has 184 valence electrons. The molecule has 1 unspecified atom stereocenters. The normalized spacial score (nSPS) is 18.7. The fourth-order valence-corrected chi connectivity index (χ4v) is 4.88. The molecule has 0 spiro atoms. The van der Waals surface area contributed by atoms with Gasteiger partial charge in [-0.15, -0.1) is 0 Å². The highest BCUT2D eigenvalue weighted by Gasteiger charge is 2.44. The molecule has 0 bridgehead atoms. The van der Waals surface area contributed by atoms with Crippen LogP contribution in [0.1, 0.15) is 37.0 Å². The van der Waals surface area contributed by atoms with Crippen LogP contribution in [0.25, 0.3) is 11.1 Å². The van der Waals surface area contributed by atoms with Gasteiger partial charge >= 0.3 is 6.03 Å². The van der Waals surface area contributed by atoms with Gasteiger partial charge in [0.2, 0.25) is 5.95 Å². The van der Waals surface area contributed by atoms with Gasteiger partial charge in [0.1, 0.15) is 6.04 Å². The van der Waals surface area contributed by atoms with Crippen molar-refractivity contribution >= 4 is 29.4 Å². The van der Waals surface area contributed by atoms with Crippen LogP contribution in [0.3, 0.4) is 0 Å². The molecule has 8 heteroatoms. The molecule has 2 aliphatic heterocycles. The Hall–Kier alpha value is -4.07. The van der Waals surface area contributed by atoms with Crippen molar-refractivity contribution in [1.82, 2.24) is 14.9 Å². The molecular formula is C28H29N5O3. The van der Waals surface area contributed by atoms with Crippen molar-refractivity contribution in [1.29, 1.82) is 0 Å². The number of hydrogen-bond acceptors (Lipinski definition) is 6. The Kier molecular flexibility index (Phi) is 6.50. The lowest BCUT2D eigenvalue weighted by molar-refractivity contribution is -0.119. The SMILES string of the molecule is CC(=O)c1cnc(N2CCC(CN3C(=O)N(c4ccc(-c5ccccc5)cc4)C(=O)C3C)CC2)nc1. The van der Waals surface area contributed by atoms with Gasteiger partial charge < -0.3 is 9.80 Å². The number of Topliss-reactive ketones (excluding diaryl/α,β-unsaturated/α-hetero) is 1. The molecule has 0 N–H and O–H groups in total. The summed E-state index contributed by atoms with van der Waals surface area (Å²) in [6.45, 7) is 5.37. The average molecular weight is 484 g/mol. The summed E-state index contributed by atoms with van der Waals surface area (Å²) in [5, 5.41) is 0. The summed E-state index contributed by atoms with van der Waals surface area (Å²) in [7, 11) is 0. The topological polar surface area (TPSA) is 86.7 Å². The van der Waals surface area contributed by atoms with Crippen LogP contribution in [0.15, 0.2) is 67.0 Å². The van der Waals surface area contributed by atoms with E-state index in [9.17, 15) is 14.4 Å². The molecule has 5 rings (SSSR count). The molecule has 3 aromatic rings. The van der Waals surface area contributed by atoms with Gasteiger partial charge in [-0.2, -0.15) is 0 Å². The summed E-state index contributed by atoms with van der Waals surface area (Å²) in [4.78, 5) is 51.6. The molecule has 1 atom stereocenters. The zero-order chi connectivity index (χ0) is 25.2. The van der Waals surface area contributed by atoms with Crippen LogP contribution in [0.4, 0.5) is 16.4 Å². The highest BCUT2D eigenvalue weighted by atomic mass is 16.2. The molecule has 0 aliphatic carbocycles. The Bertz CT molecular complexity index is 1250. The summed E-state index contributed by atoms with van der Waals surface area (Å²) in [5.41, 5.74) is 3.22. The van der Waals surface area contributed by atoms with Crippen LogP contribution in [-0.4, -0.2) is 58.3 Å². The summed E-state index contributed by atoms with van der Waals surface area (Å²) in [5.74, 6) is 0.658. The maximum Gasteiger partial charge on any atom is 0.332 e. The second kappa shape index (κ2) is 9.89. The van der Waals surface area contributed by atoms with Gasteiger partial charge in [-0.1, -0.05) is 42.5 Å². The average Bonchev–Trinajstić information content (AvgIpc) is 3.12. The van der Waals surface area contributed by atoms with Gasteiger partial charge in [0.25, 0.3) is 5.91 Å².